The highest BCUT2D eigenvalue weighted by Gasteiger charge is 2.39. The van der Waals surface area contributed by atoms with E-state index < -0.39 is 0 Å². The molecule has 1 aromatic carbocycles. The molecule has 0 radical (unpaired) electrons. The summed E-state index contributed by atoms with van der Waals surface area (Å²) in [6.07, 6.45) is 5.64. The van der Waals surface area contributed by atoms with Crippen LogP contribution in [0.1, 0.15) is 36.8 Å². The van der Waals surface area contributed by atoms with Crippen LogP contribution in [0.5, 0.6) is 0 Å². The zero-order chi connectivity index (χ0) is 12.7. The van der Waals surface area contributed by atoms with Crippen molar-refractivity contribution in [2.75, 3.05) is 5.32 Å². The summed E-state index contributed by atoms with van der Waals surface area (Å²) in [4.78, 5) is 0.485. The Morgan fingerprint density at radius 3 is 2.72 bits per heavy atom. The highest BCUT2D eigenvalue weighted by atomic mass is 32.1. The smallest absolute Gasteiger partial charge is 0.104 e. The SMILES string of the molecule is Cc1cc(NC2CC3CCC2C3)ccc1C(N)=S. The zero-order valence-corrected chi connectivity index (χ0v) is 11.6. The third-order valence-electron chi connectivity index (χ3n) is 4.58. The topological polar surface area (TPSA) is 38.0 Å². The lowest BCUT2D eigenvalue weighted by Crippen LogP contribution is -2.25. The molecule has 0 aliphatic heterocycles. The van der Waals surface area contributed by atoms with Crippen LogP contribution in [-0.4, -0.2) is 11.0 Å². The highest BCUT2D eigenvalue weighted by molar-refractivity contribution is 7.80. The van der Waals surface area contributed by atoms with E-state index in [4.69, 9.17) is 18.0 Å². The fourth-order valence-electron chi connectivity index (χ4n) is 3.67. The first-order valence-corrected chi connectivity index (χ1v) is 7.21. The van der Waals surface area contributed by atoms with Gasteiger partial charge in [-0.2, -0.15) is 0 Å². The number of hydrogen-bond acceptors (Lipinski definition) is 2. The molecule has 2 bridgehead atoms. The molecule has 3 rings (SSSR count). The molecule has 0 saturated heterocycles. The Balaban J connectivity index is 1.74. The molecular formula is C15H20N2S. The quantitative estimate of drug-likeness (QED) is 0.819. The van der Waals surface area contributed by atoms with Crippen molar-refractivity contribution < 1.29 is 0 Å². The number of nitrogens with one attached hydrogen (secondary N) is 1. The molecule has 0 heterocycles. The third-order valence-corrected chi connectivity index (χ3v) is 4.80. The Bertz CT molecular complexity index is 483. The summed E-state index contributed by atoms with van der Waals surface area (Å²) in [6.45, 7) is 2.07. The van der Waals surface area contributed by atoms with E-state index in [1.165, 1.54) is 31.4 Å². The molecule has 0 aromatic heterocycles. The van der Waals surface area contributed by atoms with Gasteiger partial charge in [0.05, 0.1) is 0 Å². The average Bonchev–Trinajstić information content (AvgIpc) is 2.90. The number of rotatable bonds is 3. The van der Waals surface area contributed by atoms with Crippen molar-refractivity contribution in [3.05, 3.63) is 29.3 Å². The molecule has 3 unspecified atom stereocenters. The number of fused-ring (bicyclic) bond motifs is 2. The van der Waals surface area contributed by atoms with Gasteiger partial charge < -0.3 is 11.1 Å². The summed E-state index contributed by atoms with van der Waals surface area (Å²) in [7, 11) is 0. The number of hydrogen-bond donors (Lipinski definition) is 2. The second-order valence-electron chi connectivity index (χ2n) is 5.82. The molecular weight excluding hydrogens is 240 g/mol. The Labute approximate surface area is 114 Å². The minimum Gasteiger partial charge on any atom is -0.389 e. The Hall–Kier alpha value is -1.09. The summed E-state index contributed by atoms with van der Waals surface area (Å²) in [5, 5.41) is 3.70. The molecule has 0 spiro atoms. The largest absolute Gasteiger partial charge is 0.389 e. The van der Waals surface area contributed by atoms with Crippen molar-refractivity contribution in [2.24, 2.45) is 17.6 Å². The van der Waals surface area contributed by atoms with Crippen molar-refractivity contribution in [1.82, 2.24) is 0 Å². The van der Waals surface area contributed by atoms with Crippen LogP contribution in [0.3, 0.4) is 0 Å². The summed E-state index contributed by atoms with van der Waals surface area (Å²) >= 11 is 5.04. The number of benzene rings is 1. The first-order chi connectivity index (χ1) is 8.63. The van der Waals surface area contributed by atoms with E-state index in [-0.39, 0.29) is 0 Å². The van der Waals surface area contributed by atoms with Crippen LogP contribution < -0.4 is 11.1 Å². The molecule has 2 nitrogen and oxygen atoms in total. The molecule has 3 N–H and O–H groups in total. The predicted octanol–water partition coefficient (Wildman–Crippen LogP) is 3.23. The Kier molecular flexibility index (Phi) is 3.02. The number of nitrogens with two attached hydrogens (primary N) is 1. The fourth-order valence-corrected chi connectivity index (χ4v) is 3.89. The normalized spacial score (nSPS) is 29.5. The van der Waals surface area contributed by atoms with Crippen molar-refractivity contribution in [3.63, 3.8) is 0 Å². The van der Waals surface area contributed by atoms with E-state index in [0.717, 1.165) is 23.0 Å². The maximum absolute atomic E-state index is 5.69. The van der Waals surface area contributed by atoms with Crippen LogP contribution in [0.25, 0.3) is 0 Å². The summed E-state index contributed by atoms with van der Waals surface area (Å²) in [6, 6.07) is 6.99. The van der Waals surface area contributed by atoms with Gasteiger partial charge >= 0.3 is 0 Å². The molecule has 2 saturated carbocycles. The van der Waals surface area contributed by atoms with Crippen LogP contribution in [0.15, 0.2) is 18.2 Å². The van der Waals surface area contributed by atoms with Gasteiger partial charge in [0.1, 0.15) is 4.99 Å². The predicted molar refractivity (Wildman–Crippen MR) is 79.9 cm³/mol. The molecule has 2 fully saturated rings. The molecule has 2 aliphatic rings. The molecule has 96 valence electrons. The van der Waals surface area contributed by atoms with E-state index in [9.17, 15) is 0 Å². The van der Waals surface area contributed by atoms with Gasteiger partial charge in [-0.3, -0.25) is 0 Å². The molecule has 2 aliphatic carbocycles. The lowest BCUT2D eigenvalue weighted by Gasteiger charge is -2.24. The van der Waals surface area contributed by atoms with Gasteiger partial charge in [-0.1, -0.05) is 18.6 Å². The van der Waals surface area contributed by atoms with Crippen LogP contribution in [0, 0.1) is 18.8 Å². The third kappa shape index (κ3) is 2.12. The summed E-state index contributed by atoms with van der Waals surface area (Å²) in [5.41, 5.74) is 9.05. The maximum Gasteiger partial charge on any atom is 0.104 e. The molecule has 3 atom stereocenters. The van der Waals surface area contributed by atoms with E-state index in [1.54, 1.807) is 0 Å². The lowest BCUT2D eigenvalue weighted by atomic mass is 9.95. The van der Waals surface area contributed by atoms with Gasteiger partial charge in [0.25, 0.3) is 0 Å². The summed E-state index contributed by atoms with van der Waals surface area (Å²) in [5.74, 6) is 1.87. The van der Waals surface area contributed by atoms with E-state index in [2.05, 4.69) is 24.4 Å². The number of anilines is 1. The van der Waals surface area contributed by atoms with Gasteiger partial charge in [-0.25, -0.2) is 0 Å². The summed E-state index contributed by atoms with van der Waals surface area (Å²) < 4.78 is 0. The molecule has 3 heteroatoms. The van der Waals surface area contributed by atoms with Gasteiger partial charge in [0.2, 0.25) is 0 Å². The fraction of sp³-hybridized carbons (Fsp3) is 0.533. The van der Waals surface area contributed by atoms with Crippen LogP contribution in [-0.2, 0) is 0 Å². The van der Waals surface area contributed by atoms with E-state index in [0.29, 0.717) is 11.0 Å². The van der Waals surface area contributed by atoms with Crippen molar-refractivity contribution >= 4 is 22.9 Å². The first-order valence-electron chi connectivity index (χ1n) is 6.80. The van der Waals surface area contributed by atoms with Gasteiger partial charge in [-0.15, -0.1) is 0 Å². The number of aryl methyl sites for hydroxylation is 1. The standard InChI is InChI=1S/C15H20N2S/c1-9-6-12(4-5-13(9)15(16)18)17-14-8-10-2-3-11(14)7-10/h4-6,10-11,14,17H,2-3,7-8H2,1H3,(H2,16,18). The molecule has 18 heavy (non-hydrogen) atoms. The Morgan fingerprint density at radius 2 is 2.17 bits per heavy atom. The van der Waals surface area contributed by atoms with E-state index in [1.807, 2.05) is 6.07 Å². The zero-order valence-electron chi connectivity index (χ0n) is 10.8. The minimum absolute atomic E-state index is 0.485. The minimum atomic E-state index is 0.485. The lowest BCUT2D eigenvalue weighted by molar-refractivity contribution is 0.440. The Morgan fingerprint density at radius 1 is 1.33 bits per heavy atom. The van der Waals surface area contributed by atoms with Crippen molar-refractivity contribution in [2.45, 2.75) is 38.6 Å². The average molecular weight is 260 g/mol. The number of thiocarbonyl (C=S) groups is 1. The highest BCUT2D eigenvalue weighted by Crippen LogP contribution is 2.45. The molecule has 1 aromatic rings. The van der Waals surface area contributed by atoms with Gasteiger partial charge in [0, 0.05) is 17.3 Å². The van der Waals surface area contributed by atoms with Gasteiger partial charge in [0.15, 0.2) is 0 Å². The van der Waals surface area contributed by atoms with Crippen molar-refractivity contribution in [1.29, 1.82) is 0 Å². The van der Waals surface area contributed by atoms with E-state index >= 15 is 0 Å². The second kappa shape index (κ2) is 4.54. The van der Waals surface area contributed by atoms with Crippen LogP contribution >= 0.6 is 12.2 Å². The monoisotopic (exact) mass is 260 g/mol. The van der Waals surface area contributed by atoms with Crippen LogP contribution in [0.2, 0.25) is 0 Å². The van der Waals surface area contributed by atoms with Crippen molar-refractivity contribution in [3.8, 4) is 0 Å². The van der Waals surface area contributed by atoms with Gasteiger partial charge in [-0.05, 0) is 61.8 Å². The molecule has 0 amide bonds. The first kappa shape index (κ1) is 12.0. The maximum atomic E-state index is 5.69. The second-order valence-corrected chi connectivity index (χ2v) is 6.26. The van der Waals surface area contributed by atoms with Crippen LogP contribution in [0.4, 0.5) is 5.69 Å².